The topological polar surface area (TPSA) is 160 Å². The zero-order valence-corrected chi connectivity index (χ0v) is 15.5. The number of rotatable bonds is 10. The highest BCUT2D eigenvalue weighted by atomic mass is 35.5. The molecular weight excluding hydrogens is 374 g/mol. The van der Waals surface area contributed by atoms with Gasteiger partial charge in [0.2, 0.25) is 11.8 Å². The lowest BCUT2D eigenvalue weighted by Gasteiger charge is -2.15. The number of halogens is 1. The average molecular weight is 398 g/mol. The molecule has 27 heavy (non-hydrogen) atoms. The Morgan fingerprint density at radius 3 is 2.26 bits per heavy atom. The van der Waals surface area contributed by atoms with Crippen molar-refractivity contribution < 1.29 is 19.5 Å². The van der Waals surface area contributed by atoms with E-state index in [0.717, 1.165) is 0 Å². The first kappa shape index (κ1) is 22.2. The Morgan fingerprint density at radius 1 is 1.04 bits per heavy atom. The summed E-state index contributed by atoms with van der Waals surface area (Å²) in [6, 6.07) is 6.62. The Kier molecular flexibility index (Phi) is 9.66. The minimum atomic E-state index is -1.02. The number of nitrogens with one attached hydrogen (secondary N) is 2. The lowest BCUT2D eigenvalue weighted by molar-refractivity contribution is -0.137. The summed E-state index contributed by atoms with van der Waals surface area (Å²) >= 11 is 5.83. The van der Waals surface area contributed by atoms with E-state index in [1.165, 1.54) is 0 Å². The van der Waals surface area contributed by atoms with Crippen LogP contribution in [0.3, 0.4) is 0 Å². The van der Waals surface area contributed by atoms with Crippen LogP contribution in [-0.2, 0) is 14.4 Å². The average Bonchev–Trinajstić information content (AvgIpc) is 2.59. The van der Waals surface area contributed by atoms with Gasteiger partial charge in [0, 0.05) is 30.3 Å². The Morgan fingerprint density at radius 2 is 1.67 bits per heavy atom. The number of carbonyl (C=O) groups is 3. The van der Waals surface area contributed by atoms with Crippen molar-refractivity contribution >= 4 is 35.3 Å². The van der Waals surface area contributed by atoms with Crippen molar-refractivity contribution in [2.24, 2.45) is 16.5 Å². The number of carbonyl (C=O) groups excluding carboxylic acids is 2. The van der Waals surface area contributed by atoms with E-state index in [-0.39, 0.29) is 31.1 Å². The SMILES string of the molecule is NC(N)=NCCCCC(=O)NNC(=O)CC(CC(=O)O)c1ccc(Cl)cc1. The van der Waals surface area contributed by atoms with E-state index >= 15 is 0 Å². The molecule has 0 saturated heterocycles. The maximum Gasteiger partial charge on any atom is 0.303 e. The van der Waals surface area contributed by atoms with Crippen LogP contribution in [0.1, 0.15) is 43.6 Å². The summed E-state index contributed by atoms with van der Waals surface area (Å²) in [5.74, 6) is -2.38. The van der Waals surface area contributed by atoms with Crippen LogP contribution in [0.2, 0.25) is 5.02 Å². The van der Waals surface area contributed by atoms with Crippen LogP contribution in [0.5, 0.6) is 0 Å². The maximum atomic E-state index is 12.0. The van der Waals surface area contributed by atoms with Gasteiger partial charge in [0.15, 0.2) is 5.96 Å². The number of aliphatic carboxylic acids is 1. The van der Waals surface area contributed by atoms with Crippen LogP contribution in [-0.4, -0.2) is 35.4 Å². The summed E-state index contributed by atoms with van der Waals surface area (Å²) < 4.78 is 0. The van der Waals surface area contributed by atoms with Crippen LogP contribution in [0, 0.1) is 0 Å². The normalized spacial score (nSPS) is 11.3. The molecule has 0 fully saturated rings. The number of aliphatic imine (C=N–C) groups is 1. The second-order valence-electron chi connectivity index (χ2n) is 5.91. The molecule has 1 atom stereocenters. The van der Waals surface area contributed by atoms with Crippen LogP contribution >= 0.6 is 11.6 Å². The number of carboxylic acid groups (broad SMARTS) is 1. The van der Waals surface area contributed by atoms with Crippen molar-refractivity contribution in [3.05, 3.63) is 34.9 Å². The standard InChI is InChI=1S/C17H24ClN5O4/c18-13-6-4-11(5-7-13)12(10-16(26)27)9-15(25)23-22-14(24)3-1-2-8-21-17(19)20/h4-7,12H,1-3,8-10H2,(H,22,24)(H,23,25)(H,26,27)(H4,19,20,21). The molecule has 0 radical (unpaired) electrons. The first-order valence-electron chi connectivity index (χ1n) is 8.38. The summed E-state index contributed by atoms with van der Waals surface area (Å²) in [4.78, 5) is 38.6. The molecule has 0 aromatic heterocycles. The molecule has 7 N–H and O–H groups in total. The number of carboxylic acids is 1. The first-order chi connectivity index (χ1) is 12.8. The van der Waals surface area contributed by atoms with E-state index in [0.29, 0.717) is 30.0 Å². The predicted molar refractivity (Wildman–Crippen MR) is 102 cm³/mol. The van der Waals surface area contributed by atoms with Crippen LogP contribution < -0.4 is 22.3 Å². The van der Waals surface area contributed by atoms with Crippen molar-refractivity contribution in [2.45, 2.75) is 38.0 Å². The van der Waals surface area contributed by atoms with Crippen LogP contribution in [0.4, 0.5) is 0 Å². The van der Waals surface area contributed by atoms with Gasteiger partial charge in [-0.2, -0.15) is 0 Å². The highest BCUT2D eigenvalue weighted by molar-refractivity contribution is 6.30. The predicted octanol–water partition coefficient (Wildman–Crippen LogP) is 0.880. The molecule has 9 nitrogen and oxygen atoms in total. The van der Waals surface area contributed by atoms with Gasteiger partial charge in [0.1, 0.15) is 0 Å². The van der Waals surface area contributed by atoms with Gasteiger partial charge >= 0.3 is 5.97 Å². The summed E-state index contributed by atoms with van der Waals surface area (Å²) in [7, 11) is 0. The van der Waals surface area contributed by atoms with E-state index in [1.54, 1.807) is 24.3 Å². The molecule has 0 saturated carbocycles. The summed E-state index contributed by atoms with van der Waals surface area (Å²) in [6.07, 6.45) is 1.10. The molecule has 0 bridgehead atoms. The fraction of sp³-hybridized carbons (Fsp3) is 0.412. The summed E-state index contributed by atoms with van der Waals surface area (Å²) in [6.45, 7) is 0.430. The molecule has 1 aromatic rings. The minimum absolute atomic E-state index is 0.00307. The third-order valence-electron chi connectivity index (χ3n) is 3.64. The highest BCUT2D eigenvalue weighted by Crippen LogP contribution is 2.25. The zero-order valence-electron chi connectivity index (χ0n) is 14.8. The first-order valence-corrected chi connectivity index (χ1v) is 8.76. The molecule has 1 aromatic carbocycles. The second-order valence-corrected chi connectivity index (χ2v) is 6.35. The lowest BCUT2D eigenvalue weighted by Crippen LogP contribution is -2.42. The van der Waals surface area contributed by atoms with Gasteiger partial charge in [-0.3, -0.25) is 30.2 Å². The van der Waals surface area contributed by atoms with Crippen molar-refractivity contribution in [2.75, 3.05) is 6.54 Å². The third-order valence-corrected chi connectivity index (χ3v) is 3.89. The molecular formula is C17H24ClN5O4. The van der Waals surface area contributed by atoms with Gasteiger partial charge in [-0.15, -0.1) is 0 Å². The molecule has 0 spiro atoms. The number of hydrogen-bond donors (Lipinski definition) is 5. The fourth-order valence-corrected chi connectivity index (χ4v) is 2.46. The Balaban J connectivity index is 2.42. The van der Waals surface area contributed by atoms with Gasteiger partial charge < -0.3 is 16.6 Å². The van der Waals surface area contributed by atoms with Gasteiger partial charge in [0.05, 0.1) is 6.42 Å². The number of hydrogen-bond acceptors (Lipinski definition) is 4. The molecule has 10 heteroatoms. The van der Waals surface area contributed by atoms with E-state index in [9.17, 15) is 14.4 Å². The van der Waals surface area contributed by atoms with Crippen molar-refractivity contribution in [3.63, 3.8) is 0 Å². The fourth-order valence-electron chi connectivity index (χ4n) is 2.34. The number of hydrazine groups is 1. The quantitative estimate of drug-likeness (QED) is 0.170. The number of unbranched alkanes of at least 4 members (excludes halogenated alkanes) is 1. The van der Waals surface area contributed by atoms with Crippen LogP contribution in [0.15, 0.2) is 29.3 Å². The number of amides is 2. The molecule has 148 valence electrons. The maximum absolute atomic E-state index is 12.0. The van der Waals surface area contributed by atoms with Gasteiger partial charge in [-0.05, 0) is 30.5 Å². The summed E-state index contributed by atoms with van der Waals surface area (Å²) in [5, 5.41) is 9.57. The second kappa shape index (κ2) is 11.7. The Hall–Kier alpha value is -2.81. The van der Waals surface area contributed by atoms with Gasteiger partial charge in [0.25, 0.3) is 0 Å². The molecule has 0 aliphatic rings. The molecule has 2 amide bonds. The lowest BCUT2D eigenvalue weighted by atomic mass is 9.92. The van der Waals surface area contributed by atoms with Crippen LogP contribution in [0.25, 0.3) is 0 Å². The Bertz CT molecular complexity index is 674. The summed E-state index contributed by atoms with van der Waals surface area (Å²) in [5.41, 5.74) is 15.7. The van der Waals surface area contributed by atoms with Crippen molar-refractivity contribution in [1.82, 2.24) is 10.9 Å². The molecule has 0 aliphatic carbocycles. The number of guanidine groups is 1. The minimum Gasteiger partial charge on any atom is -0.481 e. The monoisotopic (exact) mass is 397 g/mol. The van der Waals surface area contributed by atoms with Crippen molar-refractivity contribution in [3.8, 4) is 0 Å². The molecule has 0 heterocycles. The third kappa shape index (κ3) is 10.0. The van der Waals surface area contributed by atoms with E-state index in [2.05, 4.69) is 15.8 Å². The van der Waals surface area contributed by atoms with Gasteiger partial charge in [-0.1, -0.05) is 23.7 Å². The van der Waals surface area contributed by atoms with E-state index < -0.39 is 17.8 Å². The molecule has 0 aliphatic heterocycles. The number of benzene rings is 1. The van der Waals surface area contributed by atoms with E-state index in [1.807, 2.05) is 0 Å². The largest absolute Gasteiger partial charge is 0.481 e. The molecule has 1 unspecified atom stereocenters. The van der Waals surface area contributed by atoms with Crippen molar-refractivity contribution in [1.29, 1.82) is 0 Å². The Labute approximate surface area is 162 Å². The highest BCUT2D eigenvalue weighted by Gasteiger charge is 2.19. The molecule has 1 rings (SSSR count). The number of nitrogens with two attached hydrogens (primary N) is 2. The zero-order chi connectivity index (χ0) is 20.2. The van der Waals surface area contributed by atoms with Gasteiger partial charge in [-0.25, -0.2) is 0 Å². The smallest absolute Gasteiger partial charge is 0.303 e. The number of nitrogens with zero attached hydrogens (tertiary/aromatic N) is 1. The van der Waals surface area contributed by atoms with E-state index in [4.69, 9.17) is 28.2 Å².